The van der Waals surface area contributed by atoms with Crippen molar-refractivity contribution in [2.24, 2.45) is 0 Å². The number of aryl methyl sites for hydroxylation is 1. The van der Waals surface area contributed by atoms with E-state index in [0.717, 1.165) is 12.0 Å². The van der Waals surface area contributed by atoms with Crippen LogP contribution in [-0.2, 0) is 11.2 Å². The Morgan fingerprint density at radius 1 is 1.00 bits per heavy atom. The highest BCUT2D eigenvalue weighted by molar-refractivity contribution is 5.96. The van der Waals surface area contributed by atoms with Gasteiger partial charge in [-0.2, -0.15) is 0 Å². The number of rotatable bonds is 8. The van der Waals surface area contributed by atoms with Crippen molar-refractivity contribution in [2.75, 3.05) is 19.7 Å². The zero-order valence-electron chi connectivity index (χ0n) is 14.1. The van der Waals surface area contributed by atoms with Crippen LogP contribution in [-0.4, -0.2) is 36.6 Å². The summed E-state index contributed by atoms with van der Waals surface area (Å²) in [6.45, 7) is 2.47. The molecule has 0 saturated carbocycles. The number of para-hydroxylation sites is 2. The highest BCUT2D eigenvalue weighted by Crippen LogP contribution is 2.18. The van der Waals surface area contributed by atoms with E-state index < -0.39 is 0 Å². The van der Waals surface area contributed by atoms with Crippen molar-refractivity contribution in [1.29, 1.82) is 0 Å². The quantitative estimate of drug-likeness (QED) is 0.639. The van der Waals surface area contributed by atoms with Crippen molar-refractivity contribution in [1.82, 2.24) is 10.6 Å². The van der Waals surface area contributed by atoms with E-state index in [0.29, 0.717) is 5.75 Å². The molecule has 0 aliphatic heterocycles. The minimum absolute atomic E-state index is 0.0768. The van der Waals surface area contributed by atoms with Gasteiger partial charge in [-0.05, 0) is 30.2 Å². The molecule has 0 aliphatic carbocycles. The molecule has 6 nitrogen and oxygen atoms in total. The predicted octanol–water partition coefficient (Wildman–Crippen LogP) is 1.88. The maximum atomic E-state index is 11.9. The zero-order chi connectivity index (χ0) is 18.1. The van der Waals surface area contributed by atoms with Crippen molar-refractivity contribution >= 4 is 11.8 Å². The van der Waals surface area contributed by atoms with Crippen LogP contribution in [0, 0.1) is 0 Å². The third kappa shape index (κ3) is 5.53. The summed E-state index contributed by atoms with van der Waals surface area (Å²) in [5.74, 6) is -0.0248. The van der Waals surface area contributed by atoms with Crippen LogP contribution in [0.5, 0.6) is 11.5 Å². The molecule has 2 rings (SSSR count). The molecular formula is C19H22N2O4. The number of nitrogens with one attached hydrogen (secondary N) is 2. The Morgan fingerprint density at radius 3 is 2.44 bits per heavy atom. The van der Waals surface area contributed by atoms with Gasteiger partial charge < -0.3 is 20.5 Å². The van der Waals surface area contributed by atoms with Gasteiger partial charge in [-0.25, -0.2) is 0 Å². The summed E-state index contributed by atoms with van der Waals surface area (Å²) in [6.07, 6.45) is 0.830. The maximum absolute atomic E-state index is 11.9. The van der Waals surface area contributed by atoms with E-state index in [1.807, 2.05) is 31.2 Å². The highest BCUT2D eigenvalue weighted by atomic mass is 16.5. The average molecular weight is 342 g/mol. The van der Waals surface area contributed by atoms with Crippen LogP contribution in [0.2, 0.25) is 0 Å². The van der Waals surface area contributed by atoms with Gasteiger partial charge in [0.1, 0.15) is 11.5 Å². The van der Waals surface area contributed by atoms with Gasteiger partial charge in [0, 0.05) is 13.1 Å². The lowest BCUT2D eigenvalue weighted by atomic mass is 10.1. The molecule has 2 aromatic carbocycles. The molecule has 132 valence electrons. The lowest BCUT2D eigenvalue weighted by molar-refractivity contribution is -0.123. The summed E-state index contributed by atoms with van der Waals surface area (Å²) in [5.41, 5.74) is 1.25. The minimum atomic E-state index is -0.388. The number of hydrogen-bond donors (Lipinski definition) is 3. The second kappa shape index (κ2) is 9.32. The van der Waals surface area contributed by atoms with Crippen LogP contribution in [0.3, 0.4) is 0 Å². The lowest BCUT2D eigenvalue weighted by Crippen LogP contribution is -2.36. The number of carbonyl (C=O) groups is 2. The molecule has 2 aromatic rings. The SMILES string of the molecule is CCc1ccccc1OCC(=O)NCCNC(=O)c1ccccc1O. The third-order valence-corrected chi connectivity index (χ3v) is 3.59. The number of benzene rings is 2. The van der Waals surface area contributed by atoms with Gasteiger partial charge in [-0.3, -0.25) is 9.59 Å². The number of hydrogen-bond acceptors (Lipinski definition) is 4. The van der Waals surface area contributed by atoms with Gasteiger partial charge in [-0.15, -0.1) is 0 Å². The first-order chi connectivity index (χ1) is 12.1. The highest BCUT2D eigenvalue weighted by Gasteiger charge is 2.09. The van der Waals surface area contributed by atoms with E-state index in [4.69, 9.17) is 4.74 Å². The monoisotopic (exact) mass is 342 g/mol. The van der Waals surface area contributed by atoms with Crippen LogP contribution in [0.1, 0.15) is 22.8 Å². The van der Waals surface area contributed by atoms with Crippen molar-refractivity contribution in [3.63, 3.8) is 0 Å². The molecular weight excluding hydrogens is 320 g/mol. The van der Waals surface area contributed by atoms with E-state index in [2.05, 4.69) is 10.6 Å². The van der Waals surface area contributed by atoms with Gasteiger partial charge in [0.2, 0.25) is 0 Å². The lowest BCUT2D eigenvalue weighted by Gasteiger charge is -2.11. The molecule has 0 unspecified atom stereocenters. The number of phenols is 1. The van der Waals surface area contributed by atoms with E-state index in [9.17, 15) is 14.7 Å². The largest absolute Gasteiger partial charge is 0.507 e. The Morgan fingerprint density at radius 2 is 1.68 bits per heavy atom. The first-order valence-corrected chi connectivity index (χ1v) is 8.15. The number of carbonyl (C=O) groups excluding carboxylic acids is 2. The number of ether oxygens (including phenoxy) is 1. The molecule has 0 atom stereocenters. The van der Waals surface area contributed by atoms with Crippen LogP contribution in [0.15, 0.2) is 48.5 Å². The topological polar surface area (TPSA) is 87.7 Å². The summed E-state index contributed by atoms with van der Waals surface area (Å²) in [7, 11) is 0. The fraction of sp³-hybridized carbons (Fsp3) is 0.263. The standard InChI is InChI=1S/C19H22N2O4/c1-2-14-7-3-6-10-17(14)25-13-18(23)20-11-12-21-19(24)15-8-4-5-9-16(15)22/h3-10,22H,2,11-13H2,1H3,(H,20,23)(H,21,24). The fourth-order valence-corrected chi connectivity index (χ4v) is 2.27. The first kappa shape index (κ1) is 18.3. The minimum Gasteiger partial charge on any atom is -0.507 e. The molecule has 0 radical (unpaired) electrons. The first-order valence-electron chi connectivity index (χ1n) is 8.15. The van der Waals surface area contributed by atoms with Crippen molar-refractivity contribution in [3.8, 4) is 11.5 Å². The summed E-state index contributed by atoms with van der Waals surface area (Å²) < 4.78 is 5.52. The van der Waals surface area contributed by atoms with E-state index in [1.165, 1.54) is 12.1 Å². The summed E-state index contributed by atoms with van der Waals surface area (Å²) in [4.78, 5) is 23.7. The van der Waals surface area contributed by atoms with Crippen molar-refractivity contribution in [2.45, 2.75) is 13.3 Å². The number of amides is 2. The summed E-state index contributed by atoms with van der Waals surface area (Å²) in [5, 5.41) is 14.9. The Bertz CT molecular complexity index is 731. The van der Waals surface area contributed by atoms with Crippen molar-refractivity contribution < 1.29 is 19.4 Å². The second-order valence-electron chi connectivity index (χ2n) is 5.37. The molecule has 0 spiro atoms. The van der Waals surface area contributed by atoms with E-state index in [-0.39, 0.29) is 42.8 Å². The van der Waals surface area contributed by atoms with Crippen LogP contribution < -0.4 is 15.4 Å². The summed E-state index contributed by atoms with van der Waals surface area (Å²) >= 11 is 0. The van der Waals surface area contributed by atoms with E-state index >= 15 is 0 Å². The normalized spacial score (nSPS) is 10.1. The van der Waals surface area contributed by atoms with E-state index in [1.54, 1.807) is 12.1 Å². The Labute approximate surface area is 146 Å². The maximum Gasteiger partial charge on any atom is 0.258 e. The molecule has 0 heterocycles. The number of phenolic OH excluding ortho intramolecular Hbond substituents is 1. The molecule has 0 saturated heterocycles. The Balaban J connectivity index is 1.69. The summed E-state index contributed by atoms with van der Waals surface area (Å²) in [6, 6.07) is 13.9. The second-order valence-corrected chi connectivity index (χ2v) is 5.37. The fourth-order valence-electron chi connectivity index (χ4n) is 2.27. The van der Waals surface area contributed by atoms with Gasteiger partial charge >= 0.3 is 0 Å². The molecule has 6 heteroatoms. The predicted molar refractivity (Wildman–Crippen MR) is 94.8 cm³/mol. The molecule has 0 aromatic heterocycles. The smallest absolute Gasteiger partial charge is 0.258 e. The van der Waals surface area contributed by atoms with Crippen LogP contribution in [0.4, 0.5) is 0 Å². The molecule has 0 aliphatic rings. The molecule has 0 fully saturated rings. The molecule has 25 heavy (non-hydrogen) atoms. The van der Waals surface area contributed by atoms with Gasteiger partial charge in [-0.1, -0.05) is 37.3 Å². The number of aromatic hydroxyl groups is 1. The van der Waals surface area contributed by atoms with Crippen molar-refractivity contribution in [3.05, 3.63) is 59.7 Å². The van der Waals surface area contributed by atoms with Gasteiger partial charge in [0.15, 0.2) is 6.61 Å². The van der Waals surface area contributed by atoms with Crippen LogP contribution >= 0.6 is 0 Å². The van der Waals surface area contributed by atoms with Gasteiger partial charge in [0.25, 0.3) is 11.8 Å². The third-order valence-electron chi connectivity index (χ3n) is 3.59. The zero-order valence-corrected chi connectivity index (χ0v) is 14.1. The molecule has 0 bridgehead atoms. The Kier molecular flexibility index (Phi) is 6.83. The average Bonchev–Trinajstić information content (AvgIpc) is 2.64. The van der Waals surface area contributed by atoms with Gasteiger partial charge in [0.05, 0.1) is 5.56 Å². The molecule has 2 amide bonds. The molecule has 3 N–H and O–H groups in total. The Hall–Kier alpha value is -3.02. The van der Waals surface area contributed by atoms with Crippen LogP contribution in [0.25, 0.3) is 0 Å².